The van der Waals surface area contributed by atoms with Gasteiger partial charge in [-0.15, -0.1) is 0 Å². The third kappa shape index (κ3) is 3.05. The number of anilines is 1. The molecule has 1 aliphatic heterocycles. The highest BCUT2D eigenvalue weighted by Gasteiger charge is 2.26. The Kier molecular flexibility index (Phi) is 4.64. The molecule has 0 unspecified atom stereocenters. The van der Waals surface area contributed by atoms with Gasteiger partial charge >= 0.3 is 0 Å². The van der Waals surface area contributed by atoms with Crippen LogP contribution in [0.4, 0.5) is 5.69 Å². The predicted molar refractivity (Wildman–Crippen MR) is 104 cm³/mol. The third-order valence-electron chi connectivity index (χ3n) is 4.89. The van der Waals surface area contributed by atoms with Crippen molar-refractivity contribution in [3.63, 3.8) is 0 Å². The number of benzene rings is 1. The van der Waals surface area contributed by atoms with E-state index < -0.39 is 5.56 Å². The molecule has 1 aliphatic rings. The summed E-state index contributed by atoms with van der Waals surface area (Å²) in [7, 11) is 1.59. The van der Waals surface area contributed by atoms with Gasteiger partial charge in [0.2, 0.25) is 5.78 Å². The Hall–Kier alpha value is -3.13. The molecular formula is C19H18ClN5O3. The molecule has 0 amide bonds. The summed E-state index contributed by atoms with van der Waals surface area (Å²) in [4.78, 5) is 31.1. The fraction of sp³-hybridized carbons (Fsp3) is 0.263. The summed E-state index contributed by atoms with van der Waals surface area (Å²) >= 11 is 6.11. The quantitative estimate of drug-likeness (QED) is 0.676. The maximum atomic E-state index is 13.1. The molecule has 0 spiro atoms. The highest BCUT2D eigenvalue weighted by atomic mass is 35.5. The number of carbonyl (C=O) groups is 1. The topological polar surface area (TPSA) is 93.1 Å². The van der Waals surface area contributed by atoms with E-state index in [4.69, 9.17) is 16.3 Å². The molecule has 3 heterocycles. The number of aryl methyl sites for hydroxylation is 1. The van der Waals surface area contributed by atoms with Crippen molar-refractivity contribution >= 4 is 23.1 Å². The number of H-pyrrole nitrogens is 1. The summed E-state index contributed by atoms with van der Waals surface area (Å²) in [6.07, 6.45) is 3.12. The molecule has 9 heteroatoms. The van der Waals surface area contributed by atoms with Gasteiger partial charge in [0.05, 0.1) is 31.7 Å². The van der Waals surface area contributed by atoms with Crippen LogP contribution in [0.5, 0.6) is 5.75 Å². The average Bonchev–Trinajstić information content (AvgIpc) is 3.12. The lowest BCUT2D eigenvalue weighted by molar-refractivity contribution is 0.102. The zero-order chi connectivity index (χ0) is 19.8. The number of ether oxygens (including phenoxy) is 1. The molecule has 0 atom stereocenters. The minimum atomic E-state index is -0.432. The van der Waals surface area contributed by atoms with Crippen LogP contribution in [0.1, 0.15) is 27.4 Å². The van der Waals surface area contributed by atoms with Crippen LogP contribution in [0.3, 0.4) is 0 Å². The number of carbonyl (C=O) groups excluding carboxylic acids is 1. The van der Waals surface area contributed by atoms with E-state index in [1.54, 1.807) is 25.4 Å². The van der Waals surface area contributed by atoms with E-state index in [0.717, 1.165) is 11.4 Å². The zero-order valence-corrected chi connectivity index (χ0v) is 16.2. The van der Waals surface area contributed by atoms with Crippen LogP contribution in [0.25, 0.3) is 0 Å². The van der Waals surface area contributed by atoms with Gasteiger partial charge in [-0.25, -0.2) is 10.1 Å². The molecule has 0 saturated heterocycles. The monoisotopic (exact) mass is 399 g/mol. The number of imidazole rings is 1. The van der Waals surface area contributed by atoms with E-state index in [0.29, 0.717) is 42.3 Å². The van der Waals surface area contributed by atoms with E-state index in [-0.39, 0.29) is 10.8 Å². The highest BCUT2D eigenvalue weighted by Crippen LogP contribution is 2.26. The Morgan fingerprint density at radius 2 is 2.11 bits per heavy atom. The molecule has 0 bridgehead atoms. The third-order valence-corrected chi connectivity index (χ3v) is 5.26. The normalized spacial score (nSPS) is 13.3. The molecule has 144 valence electrons. The van der Waals surface area contributed by atoms with Crippen LogP contribution >= 0.6 is 11.6 Å². The number of hydrogen-bond acceptors (Lipinski definition) is 6. The lowest BCUT2D eigenvalue weighted by Gasteiger charge is -2.30. The number of methoxy groups -OCH3 is 1. The minimum absolute atomic E-state index is 0.0804. The SMILES string of the molecule is COc1ccc(C(=O)c2cnc3n2CCN(c2cn[nH]c(=O)c2Cl)C3)c(C)c1. The first kappa shape index (κ1) is 18.2. The van der Waals surface area contributed by atoms with Crippen molar-refractivity contribution in [3.8, 4) is 5.75 Å². The van der Waals surface area contributed by atoms with E-state index in [1.807, 2.05) is 22.5 Å². The first-order valence-corrected chi connectivity index (χ1v) is 9.09. The molecule has 1 aromatic carbocycles. The first-order chi connectivity index (χ1) is 13.5. The van der Waals surface area contributed by atoms with Gasteiger partial charge in [0.1, 0.15) is 22.3 Å². The van der Waals surface area contributed by atoms with Crippen molar-refractivity contribution in [1.82, 2.24) is 19.7 Å². The molecule has 4 rings (SSSR count). The number of nitrogens with zero attached hydrogens (tertiary/aromatic N) is 4. The van der Waals surface area contributed by atoms with E-state index in [9.17, 15) is 9.59 Å². The molecule has 3 aromatic rings. The smallest absolute Gasteiger partial charge is 0.285 e. The predicted octanol–water partition coefficient (Wildman–Crippen LogP) is 2.19. The number of fused-ring (bicyclic) bond motifs is 1. The van der Waals surface area contributed by atoms with Crippen molar-refractivity contribution in [1.29, 1.82) is 0 Å². The zero-order valence-electron chi connectivity index (χ0n) is 15.4. The lowest BCUT2D eigenvalue weighted by Crippen LogP contribution is -2.36. The van der Waals surface area contributed by atoms with Gasteiger partial charge in [-0.2, -0.15) is 5.10 Å². The number of halogens is 1. The fourth-order valence-corrected chi connectivity index (χ4v) is 3.61. The largest absolute Gasteiger partial charge is 0.497 e. The summed E-state index contributed by atoms with van der Waals surface area (Å²) in [5.74, 6) is 1.36. The molecule has 0 radical (unpaired) electrons. The van der Waals surface area contributed by atoms with Crippen molar-refractivity contribution < 1.29 is 9.53 Å². The Balaban J connectivity index is 1.63. The van der Waals surface area contributed by atoms with Gasteiger partial charge < -0.3 is 14.2 Å². The second-order valence-corrected chi connectivity index (χ2v) is 6.92. The number of aromatic amines is 1. The van der Waals surface area contributed by atoms with Crippen molar-refractivity contribution in [2.75, 3.05) is 18.6 Å². The van der Waals surface area contributed by atoms with Gasteiger partial charge in [-0.1, -0.05) is 11.6 Å². The van der Waals surface area contributed by atoms with Crippen LogP contribution < -0.4 is 15.2 Å². The Morgan fingerprint density at radius 3 is 2.86 bits per heavy atom. The van der Waals surface area contributed by atoms with E-state index in [1.165, 1.54) is 6.20 Å². The van der Waals surface area contributed by atoms with Crippen LogP contribution in [-0.4, -0.2) is 39.2 Å². The Bertz CT molecular complexity index is 1120. The van der Waals surface area contributed by atoms with Crippen molar-refractivity contribution in [3.05, 3.63) is 68.6 Å². The fourth-order valence-electron chi connectivity index (χ4n) is 3.40. The molecular weight excluding hydrogens is 382 g/mol. The summed E-state index contributed by atoms with van der Waals surface area (Å²) in [6.45, 7) is 3.44. The second-order valence-electron chi connectivity index (χ2n) is 6.54. The van der Waals surface area contributed by atoms with Crippen molar-refractivity contribution in [2.45, 2.75) is 20.0 Å². The molecule has 1 N–H and O–H groups in total. The number of ketones is 1. The number of rotatable bonds is 4. The Labute approximate surface area is 165 Å². The van der Waals surface area contributed by atoms with E-state index in [2.05, 4.69) is 15.2 Å². The number of aromatic nitrogens is 4. The van der Waals surface area contributed by atoms with E-state index >= 15 is 0 Å². The van der Waals surface area contributed by atoms with Crippen LogP contribution in [0, 0.1) is 6.92 Å². The molecule has 0 saturated carbocycles. The van der Waals surface area contributed by atoms with Gasteiger partial charge in [0.15, 0.2) is 0 Å². The minimum Gasteiger partial charge on any atom is -0.497 e. The summed E-state index contributed by atoms with van der Waals surface area (Å²) in [5.41, 5.74) is 2.13. The van der Waals surface area contributed by atoms with Crippen molar-refractivity contribution in [2.24, 2.45) is 0 Å². The van der Waals surface area contributed by atoms with Gasteiger partial charge in [-0.3, -0.25) is 9.59 Å². The van der Waals surface area contributed by atoms with Crippen LogP contribution in [-0.2, 0) is 13.1 Å². The summed E-state index contributed by atoms with van der Waals surface area (Å²) in [6, 6.07) is 5.38. The van der Waals surface area contributed by atoms with Crippen LogP contribution in [0.2, 0.25) is 5.02 Å². The molecule has 2 aromatic heterocycles. The standard InChI is InChI=1S/C19H18ClN5O3/c1-11-7-12(28-2)3-4-13(11)18(26)15-8-21-16-10-24(5-6-25(15)16)14-9-22-23-19(27)17(14)20/h3-4,7-9H,5-6,10H2,1-2H3,(H,23,27). The second kappa shape index (κ2) is 7.12. The number of nitrogens with one attached hydrogen (secondary N) is 1. The summed E-state index contributed by atoms with van der Waals surface area (Å²) < 4.78 is 7.12. The molecule has 28 heavy (non-hydrogen) atoms. The first-order valence-electron chi connectivity index (χ1n) is 8.71. The molecule has 8 nitrogen and oxygen atoms in total. The maximum Gasteiger partial charge on any atom is 0.285 e. The van der Waals surface area contributed by atoms with Gasteiger partial charge in [0.25, 0.3) is 5.56 Å². The molecule has 0 aliphatic carbocycles. The Morgan fingerprint density at radius 1 is 1.29 bits per heavy atom. The maximum absolute atomic E-state index is 13.1. The van der Waals surface area contributed by atoms with Gasteiger partial charge in [0, 0.05) is 18.7 Å². The highest BCUT2D eigenvalue weighted by molar-refractivity contribution is 6.33. The lowest BCUT2D eigenvalue weighted by atomic mass is 10.0. The summed E-state index contributed by atoms with van der Waals surface area (Å²) in [5, 5.41) is 6.23. The van der Waals surface area contributed by atoms with Crippen LogP contribution in [0.15, 0.2) is 35.4 Å². The molecule has 0 fully saturated rings. The number of hydrogen-bond donors (Lipinski definition) is 1. The van der Waals surface area contributed by atoms with Gasteiger partial charge in [-0.05, 0) is 30.7 Å². The average molecular weight is 400 g/mol.